The molecule has 1 aliphatic carbocycles. The minimum atomic E-state index is 0.715. The molecule has 17 heavy (non-hydrogen) atoms. The highest BCUT2D eigenvalue weighted by Gasteiger charge is 2.21. The van der Waals surface area contributed by atoms with E-state index in [0.29, 0.717) is 6.04 Å². The number of hydrogen-bond donors (Lipinski definition) is 1. The summed E-state index contributed by atoms with van der Waals surface area (Å²) in [6, 6.07) is 5.68. The second-order valence-corrected chi connectivity index (χ2v) is 6.36. The van der Waals surface area contributed by atoms with Crippen LogP contribution in [-0.4, -0.2) is 18.3 Å². The largest absolute Gasteiger partial charge is 0.314 e. The van der Waals surface area contributed by atoms with E-state index in [2.05, 4.69) is 24.4 Å². The summed E-state index contributed by atoms with van der Waals surface area (Å²) in [5.41, 5.74) is 4.84. The van der Waals surface area contributed by atoms with Crippen LogP contribution in [0.3, 0.4) is 0 Å². The zero-order valence-electron chi connectivity index (χ0n) is 10.6. The zero-order valence-corrected chi connectivity index (χ0v) is 11.4. The fourth-order valence-electron chi connectivity index (χ4n) is 2.96. The quantitative estimate of drug-likeness (QED) is 0.880. The normalized spacial score (nSPS) is 22.3. The predicted molar refractivity (Wildman–Crippen MR) is 75.0 cm³/mol. The third kappa shape index (κ3) is 2.38. The number of rotatable bonds is 3. The first kappa shape index (κ1) is 11.6. The molecule has 0 bridgehead atoms. The highest BCUT2D eigenvalue weighted by atomic mass is 32.2. The summed E-state index contributed by atoms with van der Waals surface area (Å²) in [6.45, 7) is 3.41. The predicted octanol–water partition coefficient (Wildman–Crippen LogP) is 3.19. The third-order valence-corrected chi connectivity index (χ3v) is 5.02. The first-order valence-corrected chi connectivity index (χ1v) is 7.86. The highest BCUT2D eigenvalue weighted by molar-refractivity contribution is 7.99. The van der Waals surface area contributed by atoms with Gasteiger partial charge >= 0.3 is 0 Å². The van der Waals surface area contributed by atoms with E-state index in [1.54, 1.807) is 21.6 Å². The van der Waals surface area contributed by atoms with Gasteiger partial charge in [0.2, 0.25) is 0 Å². The maximum absolute atomic E-state index is 3.67. The lowest BCUT2D eigenvalue weighted by molar-refractivity contribution is 0.458. The smallest absolute Gasteiger partial charge is 0.0111 e. The Kier molecular flexibility index (Phi) is 3.44. The average molecular weight is 247 g/mol. The molecule has 0 saturated heterocycles. The molecule has 1 aromatic rings. The molecule has 1 aromatic carbocycles. The number of aryl methyl sites for hydroxylation is 2. The zero-order chi connectivity index (χ0) is 11.7. The van der Waals surface area contributed by atoms with Gasteiger partial charge in [-0.3, -0.25) is 0 Å². The lowest BCUT2D eigenvalue weighted by atomic mass is 9.87. The van der Waals surface area contributed by atoms with Gasteiger partial charge in [-0.25, -0.2) is 0 Å². The van der Waals surface area contributed by atoms with Crippen LogP contribution in [-0.2, 0) is 19.3 Å². The Balaban J connectivity index is 1.78. The SMILES string of the molecule is CCCNC1CCc2cc3c(cc2C1)SCC3. The summed E-state index contributed by atoms with van der Waals surface area (Å²) in [7, 11) is 0. The molecule has 0 spiro atoms. The molecule has 1 atom stereocenters. The lowest BCUT2D eigenvalue weighted by Crippen LogP contribution is -2.35. The second-order valence-electron chi connectivity index (χ2n) is 5.22. The van der Waals surface area contributed by atoms with E-state index in [-0.39, 0.29) is 0 Å². The Hall–Kier alpha value is -0.470. The fourth-order valence-corrected chi connectivity index (χ4v) is 4.08. The molecule has 1 unspecified atom stereocenters. The van der Waals surface area contributed by atoms with Gasteiger partial charge in [0.15, 0.2) is 0 Å². The molecule has 1 nitrogen and oxygen atoms in total. The van der Waals surface area contributed by atoms with E-state index >= 15 is 0 Å². The highest BCUT2D eigenvalue weighted by Crippen LogP contribution is 2.35. The second kappa shape index (κ2) is 5.03. The summed E-state index contributed by atoms with van der Waals surface area (Å²) in [5, 5.41) is 3.67. The number of hydrogen-bond acceptors (Lipinski definition) is 2. The Morgan fingerprint density at radius 2 is 2.18 bits per heavy atom. The number of thioether (sulfide) groups is 1. The van der Waals surface area contributed by atoms with E-state index in [0.717, 1.165) is 0 Å². The molecule has 0 amide bonds. The minimum Gasteiger partial charge on any atom is -0.314 e. The van der Waals surface area contributed by atoms with Gasteiger partial charge in [0.25, 0.3) is 0 Å². The van der Waals surface area contributed by atoms with Gasteiger partial charge in [-0.2, -0.15) is 0 Å². The Bertz CT molecular complexity index is 414. The number of fused-ring (bicyclic) bond motifs is 2. The Morgan fingerprint density at radius 1 is 1.24 bits per heavy atom. The number of nitrogens with one attached hydrogen (secondary N) is 1. The van der Waals surface area contributed by atoms with E-state index < -0.39 is 0 Å². The molecule has 0 fully saturated rings. The third-order valence-electron chi connectivity index (χ3n) is 3.92. The van der Waals surface area contributed by atoms with Crippen LogP contribution >= 0.6 is 11.8 Å². The van der Waals surface area contributed by atoms with Gasteiger partial charge in [0.1, 0.15) is 0 Å². The lowest BCUT2D eigenvalue weighted by Gasteiger charge is -2.26. The minimum absolute atomic E-state index is 0.715. The summed E-state index contributed by atoms with van der Waals surface area (Å²) >= 11 is 2.04. The Labute approximate surface area is 108 Å². The van der Waals surface area contributed by atoms with Crippen molar-refractivity contribution in [2.75, 3.05) is 12.3 Å². The van der Waals surface area contributed by atoms with Crippen molar-refractivity contribution in [1.82, 2.24) is 5.32 Å². The summed E-state index contributed by atoms with van der Waals surface area (Å²) < 4.78 is 0. The van der Waals surface area contributed by atoms with Crippen LogP contribution in [0.2, 0.25) is 0 Å². The van der Waals surface area contributed by atoms with Crippen molar-refractivity contribution in [3.8, 4) is 0 Å². The van der Waals surface area contributed by atoms with E-state index in [1.165, 1.54) is 44.4 Å². The fraction of sp³-hybridized carbons (Fsp3) is 0.600. The van der Waals surface area contributed by atoms with Gasteiger partial charge in [-0.05, 0) is 61.4 Å². The van der Waals surface area contributed by atoms with Crippen LogP contribution < -0.4 is 5.32 Å². The van der Waals surface area contributed by atoms with Gasteiger partial charge in [0.05, 0.1) is 0 Å². The van der Waals surface area contributed by atoms with Crippen LogP contribution in [0.5, 0.6) is 0 Å². The average Bonchev–Trinajstić information content (AvgIpc) is 2.80. The van der Waals surface area contributed by atoms with Gasteiger partial charge < -0.3 is 5.32 Å². The standard InChI is InChI=1S/C15H21NS/c1-2-6-16-14-4-3-11-8-12-5-7-17-15(12)10-13(11)9-14/h8,10,14,16H,2-7,9H2,1H3. The van der Waals surface area contributed by atoms with Gasteiger partial charge in [0, 0.05) is 16.7 Å². The van der Waals surface area contributed by atoms with Gasteiger partial charge in [-0.15, -0.1) is 11.8 Å². The van der Waals surface area contributed by atoms with Crippen LogP contribution in [0.15, 0.2) is 17.0 Å². The molecule has 0 radical (unpaired) electrons. The Morgan fingerprint density at radius 3 is 3.06 bits per heavy atom. The van der Waals surface area contributed by atoms with Crippen molar-refractivity contribution >= 4 is 11.8 Å². The molecule has 1 N–H and O–H groups in total. The van der Waals surface area contributed by atoms with Gasteiger partial charge in [-0.1, -0.05) is 13.0 Å². The van der Waals surface area contributed by atoms with Crippen molar-refractivity contribution in [1.29, 1.82) is 0 Å². The van der Waals surface area contributed by atoms with Crippen LogP contribution in [0, 0.1) is 0 Å². The van der Waals surface area contributed by atoms with Crippen molar-refractivity contribution in [3.05, 3.63) is 28.8 Å². The van der Waals surface area contributed by atoms with Crippen LogP contribution in [0.1, 0.15) is 36.5 Å². The maximum Gasteiger partial charge on any atom is 0.0111 e. The van der Waals surface area contributed by atoms with Crippen molar-refractivity contribution in [3.63, 3.8) is 0 Å². The first-order valence-electron chi connectivity index (χ1n) is 6.87. The van der Waals surface area contributed by atoms with Crippen LogP contribution in [0.25, 0.3) is 0 Å². The molecule has 0 saturated carbocycles. The number of benzene rings is 1. The van der Waals surface area contributed by atoms with Crippen molar-refractivity contribution in [2.45, 2.75) is 50.0 Å². The summed E-state index contributed by atoms with van der Waals surface area (Å²) in [6.07, 6.45) is 6.35. The van der Waals surface area contributed by atoms with E-state index in [1.807, 2.05) is 11.8 Å². The van der Waals surface area contributed by atoms with E-state index in [4.69, 9.17) is 0 Å². The van der Waals surface area contributed by atoms with Crippen molar-refractivity contribution < 1.29 is 0 Å². The topological polar surface area (TPSA) is 12.0 Å². The monoisotopic (exact) mass is 247 g/mol. The van der Waals surface area contributed by atoms with Crippen molar-refractivity contribution in [2.24, 2.45) is 0 Å². The van der Waals surface area contributed by atoms with E-state index in [9.17, 15) is 0 Å². The summed E-state index contributed by atoms with van der Waals surface area (Å²) in [4.78, 5) is 1.56. The molecular formula is C15H21NS. The molecule has 0 aromatic heterocycles. The molecular weight excluding hydrogens is 226 g/mol. The molecule has 92 valence electrons. The maximum atomic E-state index is 3.67. The molecule has 2 heteroatoms. The van der Waals surface area contributed by atoms with Crippen LogP contribution in [0.4, 0.5) is 0 Å². The summed E-state index contributed by atoms with van der Waals surface area (Å²) in [5.74, 6) is 1.29. The molecule has 2 aliphatic rings. The molecule has 3 rings (SSSR count). The first-order chi connectivity index (χ1) is 8.36. The molecule has 1 aliphatic heterocycles. The molecule has 1 heterocycles.